The number of halogens is 1. The molecule has 124 valence electrons. The number of oxazole rings is 1. The Morgan fingerprint density at radius 3 is 2.75 bits per heavy atom. The van der Waals surface area contributed by atoms with Crippen LogP contribution in [0, 0.1) is 0 Å². The molecule has 0 aliphatic heterocycles. The van der Waals surface area contributed by atoms with Crippen LogP contribution in [0.25, 0.3) is 11.3 Å². The maximum absolute atomic E-state index is 10.7. The van der Waals surface area contributed by atoms with Crippen LogP contribution in [0.5, 0.6) is 0 Å². The largest absolute Gasteiger partial charge is 0.481 e. The highest BCUT2D eigenvalue weighted by Gasteiger charge is 2.01. The van der Waals surface area contributed by atoms with Crippen molar-refractivity contribution >= 4 is 24.1 Å². The summed E-state index contributed by atoms with van der Waals surface area (Å²) in [4.78, 5) is 17.5. The number of rotatable bonds is 5. The van der Waals surface area contributed by atoms with Crippen LogP contribution in [-0.4, -0.2) is 21.0 Å². The lowest BCUT2D eigenvalue weighted by Crippen LogP contribution is -2.12. The standard InChI is InChI=1S/C16H14N4O3.ClH/c21-16(22)8-11-5-6-18-15(7-11)20-19-13-3-1-12(2-4-13)14-9-17-10-23-14;/h1-7,9-10,19H,8H2,(H,18,20)(H,21,22);1H. The third-order valence-corrected chi connectivity index (χ3v) is 3.11. The fraction of sp³-hybridized carbons (Fsp3) is 0.0625. The lowest BCUT2D eigenvalue weighted by molar-refractivity contribution is -0.136. The second-order valence-electron chi connectivity index (χ2n) is 4.82. The fourth-order valence-electron chi connectivity index (χ4n) is 2.04. The zero-order valence-corrected chi connectivity index (χ0v) is 13.3. The molecule has 7 nitrogen and oxygen atoms in total. The molecule has 2 heterocycles. The molecule has 0 fully saturated rings. The number of aliphatic carboxylic acids is 1. The Balaban J connectivity index is 0.00000208. The Morgan fingerprint density at radius 1 is 1.29 bits per heavy atom. The number of H-pyrrole nitrogens is 1. The third-order valence-electron chi connectivity index (χ3n) is 3.11. The summed E-state index contributed by atoms with van der Waals surface area (Å²) in [5.74, 6) is -0.179. The third kappa shape index (κ3) is 4.47. The number of nitrogens with zero attached hydrogens (tertiary/aromatic N) is 2. The number of carboxylic acid groups (broad SMARTS) is 1. The monoisotopic (exact) mass is 346 g/mol. The number of anilines is 1. The lowest BCUT2D eigenvalue weighted by Gasteiger charge is -2.02. The maximum atomic E-state index is 10.7. The van der Waals surface area contributed by atoms with E-state index in [1.807, 2.05) is 24.3 Å². The second kappa shape index (κ2) is 7.98. The number of nitrogens with one attached hydrogen (secondary N) is 2. The Labute approximate surface area is 143 Å². The summed E-state index contributed by atoms with van der Waals surface area (Å²) in [5.41, 5.74) is 5.85. The predicted molar refractivity (Wildman–Crippen MR) is 90.5 cm³/mol. The quantitative estimate of drug-likeness (QED) is 0.616. The Kier molecular flexibility index (Phi) is 5.75. The summed E-state index contributed by atoms with van der Waals surface area (Å²) in [6, 6.07) is 10.9. The van der Waals surface area contributed by atoms with Crippen molar-refractivity contribution in [3.8, 4) is 11.3 Å². The van der Waals surface area contributed by atoms with E-state index in [1.54, 1.807) is 24.5 Å². The van der Waals surface area contributed by atoms with Crippen molar-refractivity contribution < 1.29 is 14.3 Å². The summed E-state index contributed by atoms with van der Waals surface area (Å²) in [5, 5.41) is 13.0. The maximum Gasteiger partial charge on any atom is 0.307 e. The molecule has 0 spiro atoms. The minimum Gasteiger partial charge on any atom is -0.481 e. The lowest BCUT2D eigenvalue weighted by atomic mass is 10.2. The molecule has 0 bridgehead atoms. The number of hydrogen-bond acceptors (Lipinski definition) is 5. The first-order valence-electron chi connectivity index (χ1n) is 6.89. The molecule has 3 N–H and O–H groups in total. The fourth-order valence-corrected chi connectivity index (χ4v) is 2.04. The molecule has 2 aromatic heterocycles. The zero-order valence-electron chi connectivity index (χ0n) is 12.5. The molecule has 8 heteroatoms. The molecule has 0 saturated carbocycles. The highest BCUT2D eigenvalue weighted by Crippen LogP contribution is 2.20. The number of aromatic amines is 1. The van der Waals surface area contributed by atoms with Crippen LogP contribution in [0.3, 0.4) is 0 Å². The smallest absolute Gasteiger partial charge is 0.307 e. The van der Waals surface area contributed by atoms with Crippen LogP contribution in [0.15, 0.2) is 64.7 Å². The van der Waals surface area contributed by atoms with Gasteiger partial charge in [0.15, 0.2) is 12.2 Å². The van der Waals surface area contributed by atoms with Gasteiger partial charge in [0.1, 0.15) is 5.49 Å². The SMILES string of the molecule is Cl.O=C(O)Cc1cc[nH]c(=NNc2ccc(-c3cnco3)cc2)c1. The molecule has 3 aromatic rings. The molecule has 1 aromatic carbocycles. The number of carbonyl (C=O) groups is 1. The predicted octanol–water partition coefficient (Wildman–Crippen LogP) is 2.65. The minimum atomic E-state index is -0.877. The van der Waals surface area contributed by atoms with Crippen molar-refractivity contribution in [2.75, 3.05) is 5.43 Å². The van der Waals surface area contributed by atoms with Gasteiger partial charge in [-0.15, -0.1) is 12.4 Å². The van der Waals surface area contributed by atoms with Crippen molar-refractivity contribution in [1.29, 1.82) is 0 Å². The van der Waals surface area contributed by atoms with E-state index in [2.05, 4.69) is 20.5 Å². The van der Waals surface area contributed by atoms with Gasteiger partial charge in [-0.25, -0.2) is 4.98 Å². The van der Waals surface area contributed by atoms with Gasteiger partial charge in [0, 0.05) is 11.8 Å². The van der Waals surface area contributed by atoms with Crippen LogP contribution in [0.1, 0.15) is 5.56 Å². The molecule has 3 rings (SSSR count). The number of benzene rings is 1. The molecule has 0 saturated heterocycles. The van der Waals surface area contributed by atoms with Crippen molar-refractivity contribution in [2.24, 2.45) is 5.10 Å². The summed E-state index contributed by atoms with van der Waals surface area (Å²) in [7, 11) is 0. The van der Waals surface area contributed by atoms with Crippen molar-refractivity contribution in [3.63, 3.8) is 0 Å². The van der Waals surface area contributed by atoms with Gasteiger partial charge in [0.2, 0.25) is 0 Å². The van der Waals surface area contributed by atoms with Gasteiger partial charge in [0.25, 0.3) is 0 Å². The van der Waals surface area contributed by atoms with Gasteiger partial charge in [-0.3, -0.25) is 10.2 Å². The normalized spacial score (nSPS) is 10.9. The van der Waals surface area contributed by atoms with Crippen LogP contribution in [0.2, 0.25) is 0 Å². The zero-order chi connectivity index (χ0) is 16.1. The Bertz CT molecular complexity index is 858. The molecule has 0 radical (unpaired) electrons. The summed E-state index contributed by atoms with van der Waals surface area (Å²) in [6.45, 7) is 0. The first-order valence-corrected chi connectivity index (χ1v) is 6.89. The van der Waals surface area contributed by atoms with E-state index in [0.29, 0.717) is 16.8 Å². The summed E-state index contributed by atoms with van der Waals surface area (Å²) < 4.78 is 5.23. The van der Waals surface area contributed by atoms with Crippen molar-refractivity contribution in [3.05, 3.63) is 66.2 Å². The van der Waals surface area contributed by atoms with Gasteiger partial charge >= 0.3 is 5.97 Å². The van der Waals surface area contributed by atoms with Crippen molar-refractivity contribution in [2.45, 2.75) is 6.42 Å². The van der Waals surface area contributed by atoms with Gasteiger partial charge in [-0.2, -0.15) is 5.10 Å². The molecule has 24 heavy (non-hydrogen) atoms. The number of hydrogen-bond donors (Lipinski definition) is 3. The highest BCUT2D eigenvalue weighted by molar-refractivity contribution is 5.85. The molecule has 0 unspecified atom stereocenters. The van der Waals surface area contributed by atoms with E-state index in [-0.39, 0.29) is 18.8 Å². The van der Waals surface area contributed by atoms with E-state index in [4.69, 9.17) is 9.52 Å². The van der Waals surface area contributed by atoms with Gasteiger partial charge in [-0.05, 0) is 42.0 Å². The molecule has 0 amide bonds. The molecule has 0 atom stereocenters. The summed E-state index contributed by atoms with van der Waals surface area (Å²) >= 11 is 0. The van der Waals surface area contributed by atoms with E-state index in [9.17, 15) is 4.79 Å². The van der Waals surface area contributed by atoms with Crippen LogP contribution >= 0.6 is 12.4 Å². The molecule has 0 aliphatic rings. The van der Waals surface area contributed by atoms with E-state index >= 15 is 0 Å². The first kappa shape index (κ1) is 17.3. The van der Waals surface area contributed by atoms with E-state index in [0.717, 1.165) is 11.3 Å². The van der Waals surface area contributed by atoms with Crippen LogP contribution in [-0.2, 0) is 11.2 Å². The van der Waals surface area contributed by atoms with Gasteiger partial charge < -0.3 is 14.5 Å². The molecular formula is C16H15ClN4O3. The first-order chi connectivity index (χ1) is 11.2. The minimum absolute atomic E-state index is 0. The molecular weight excluding hydrogens is 332 g/mol. The Hall–Kier alpha value is -3.06. The van der Waals surface area contributed by atoms with Crippen LogP contribution in [0.4, 0.5) is 5.69 Å². The molecule has 0 aliphatic carbocycles. The highest BCUT2D eigenvalue weighted by atomic mass is 35.5. The second-order valence-corrected chi connectivity index (χ2v) is 4.82. The topological polar surface area (TPSA) is 104 Å². The van der Waals surface area contributed by atoms with Gasteiger partial charge in [-0.1, -0.05) is 0 Å². The number of aromatic nitrogens is 2. The van der Waals surface area contributed by atoms with Crippen molar-refractivity contribution in [1.82, 2.24) is 9.97 Å². The average molecular weight is 347 g/mol. The average Bonchev–Trinajstić information content (AvgIpc) is 3.08. The van der Waals surface area contributed by atoms with E-state index in [1.165, 1.54) is 6.39 Å². The van der Waals surface area contributed by atoms with E-state index < -0.39 is 5.97 Å². The Morgan fingerprint density at radius 2 is 2.08 bits per heavy atom. The number of carboxylic acids is 1. The summed E-state index contributed by atoms with van der Waals surface area (Å²) in [6.07, 6.45) is 4.65. The van der Waals surface area contributed by atoms with Crippen LogP contribution < -0.4 is 10.9 Å². The van der Waals surface area contributed by atoms with Gasteiger partial charge in [0.05, 0.1) is 18.3 Å². The number of pyridine rings is 1.